The molecule has 1 aliphatic rings. The molecular formula is C17H16ClNO2S. The van der Waals surface area contributed by atoms with Gasteiger partial charge in [-0.05, 0) is 54.2 Å². The number of hydrogen-bond donors (Lipinski definition) is 0. The summed E-state index contributed by atoms with van der Waals surface area (Å²) >= 11 is 11.3. The second-order valence-electron chi connectivity index (χ2n) is 5.06. The summed E-state index contributed by atoms with van der Waals surface area (Å²) < 4.78 is 11.1. The van der Waals surface area contributed by atoms with Crippen molar-refractivity contribution in [2.24, 2.45) is 0 Å². The molecule has 2 aromatic carbocycles. The van der Waals surface area contributed by atoms with Gasteiger partial charge in [-0.15, -0.1) is 0 Å². The Balaban J connectivity index is 1.71. The summed E-state index contributed by atoms with van der Waals surface area (Å²) in [6, 6.07) is 15.5. The van der Waals surface area contributed by atoms with E-state index < -0.39 is 0 Å². The van der Waals surface area contributed by atoms with E-state index in [2.05, 4.69) is 0 Å². The van der Waals surface area contributed by atoms with Crippen LogP contribution >= 0.6 is 23.8 Å². The second-order valence-corrected chi connectivity index (χ2v) is 5.85. The Morgan fingerprint density at radius 2 is 1.82 bits per heavy atom. The van der Waals surface area contributed by atoms with Crippen molar-refractivity contribution >= 4 is 34.7 Å². The van der Waals surface area contributed by atoms with Crippen LogP contribution in [-0.4, -0.2) is 18.8 Å². The quantitative estimate of drug-likeness (QED) is 0.765. The molecule has 0 saturated carbocycles. The maximum atomic E-state index is 5.92. The highest BCUT2D eigenvalue weighted by Gasteiger charge is 2.26. The Labute approximate surface area is 140 Å². The molecule has 2 aromatic rings. The number of benzene rings is 2. The Hall–Kier alpha value is -1.78. The lowest BCUT2D eigenvalue weighted by Crippen LogP contribution is -2.38. The molecule has 1 heterocycles. The minimum atomic E-state index is -0.0146. The van der Waals surface area contributed by atoms with E-state index in [0.29, 0.717) is 5.17 Å². The van der Waals surface area contributed by atoms with E-state index in [9.17, 15) is 0 Å². The van der Waals surface area contributed by atoms with Gasteiger partial charge in [-0.2, -0.15) is 0 Å². The average Bonchev–Trinajstić information content (AvgIpc) is 2.56. The van der Waals surface area contributed by atoms with Gasteiger partial charge in [0.15, 0.2) is 0 Å². The van der Waals surface area contributed by atoms with Gasteiger partial charge < -0.3 is 14.4 Å². The molecule has 0 spiro atoms. The Morgan fingerprint density at radius 3 is 2.41 bits per heavy atom. The molecule has 0 amide bonds. The number of methoxy groups -OCH3 is 1. The van der Waals surface area contributed by atoms with Gasteiger partial charge in [0.2, 0.25) is 0 Å². The van der Waals surface area contributed by atoms with E-state index in [1.807, 2.05) is 53.4 Å². The molecular weight excluding hydrogens is 318 g/mol. The highest BCUT2D eigenvalue weighted by atomic mass is 35.5. The third-order valence-electron chi connectivity index (χ3n) is 3.70. The fourth-order valence-electron chi connectivity index (χ4n) is 2.49. The molecule has 1 saturated heterocycles. The highest BCUT2D eigenvalue weighted by Crippen LogP contribution is 2.31. The molecule has 1 aliphatic heterocycles. The topological polar surface area (TPSA) is 21.7 Å². The van der Waals surface area contributed by atoms with E-state index in [4.69, 9.17) is 33.3 Å². The van der Waals surface area contributed by atoms with Gasteiger partial charge >= 0.3 is 0 Å². The first-order chi connectivity index (χ1) is 10.7. The number of nitrogens with zero attached hydrogens (tertiary/aromatic N) is 1. The normalized spacial score (nSPS) is 18.0. The Morgan fingerprint density at radius 1 is 1.14 bits per heavy atom. The van der Waals surface area contributed by atoms with Crippen LogP contribution in [0.5, 0.6) is 5.75 Å². The molecule has 3 nitrogen and oxygen atoms in total. The number of thiocarbonyl (C=S) groups is 1. The SMILES string of the molecule is COc1ccc(N2CCC(c3ccc(Cl)cc3)OC2=S)cc1. The van der Waals surface area contributed by atoms with Crippen molar-refractivity contribution in [3.63, 3.8) is 0 Å². The summed E-state index contributed by atoms with van der Waals surface area (Å²) in [5.74, 6) is 0.826. The lowest BCUT2D eigenvalue weighted by atomic mass is 10.1. The van der Waals surface area contributed by atoms with Gasteiger partial charge in [0, 0.05) is 23.7 Å². The summed E-state index contributed by atoms with van der Waals surface area (Å²) in [4.78, 5) is 2.00. The lowest BCUT2D eigenvalue weighted by molar-refractivity contribution is 0.166. The molecule has 0 N–H and O–H groups in total. The van der Waals surface area contributed by atoms with E-state index in [-0.39, 0.29) is 6.10 Å². The number of rotatable bonds is 3. The van der Waals surface area contributed by atoms with Crippen LogP contribution in [-0.2, 0) is 4.74 Å². The minimum absolute atomic E-state index is 0.0146. The summed E-state index contributed by atoms with van der Waals surface area (Å²) in [5, 5.41) is 1.22. The van der Waals surface area contributed by atoms with Crippen molar-refractivity contribution in [2.45, 2.75) is 12.5 Å². The van der Waals surface area contributed by atoms with Crippen molar-refractivity contribution in [2.75, 3.05) is 18.6 Å². The largest absolute Gasteiger partial charge is 0.497 e. The third kappa shape index (κ3) is 3.18. The van der Waals surface area contributed by atoms with Crippen molar-refractivity contribution in [3.05, 3.63) is 59.1 Å². The van der Waals surface area contributed by atoms with Gasteiger partial charge in [0.1, 0.15) is 11.9 Å². The van der Waals surface area contributed by atoms with Crippen molar-refractivity contribution < 1.29 is 9.47 Å². The van der Waals surface area contributed by atoms with Crippen LogP contribution in [0.15, 0.2) is 48.5 Å². The van der Waals surface area contributed by atoms with Gasteiger partial charge in [-0.1, -0.05) is 23.7 Å². The minimum Gasteiger partial charge on any atom is -0.497 e. The average molecular weight is 334 g/mol. The summed E-state index contributed by atoms with van der Waals surface area (Å²) in [7, 11) is 1.65. The third-order valence-corrected chi connectivity index (χ3v) is 4.27. The molecule has 0 bridgehead atoms. The smallest absolute Gasteiger partial charge is 0.264 e. The number of anilines is 1. The summed E-state index contributed by atoms with van der Waals surface area (Å²) in [5.41, 5.74) is 2.11. The molecule has 0 radical (unpaired) electrons. The second kappa shape index (κ2) is 6.55. The number of halogens is 1. The van der Waals surface area contributed by atoms with Crippen molar-refractivity contribution in [1.82, 2.24) is 0 Å². The zero-order chi connectivity index (χ0) is 15.5. The molecule has 0 aliphatic carbocycles. The molecule has 22 heavy (non-hydrogen) atoms. The summed E-state index contributed by atoms with van der Waals surface area (Å²) in [6.45, 7) is 0.818. The van der Waals surface area contributed by atoms with Crippen LogP contribution in [0, 0.1) is 0 Å². The first-order valence-electron chi connectivity index (χ1n) is 7.05. The molecule has 0 aromatic heterocycles. The molecule has 1 unspecified atom stereocenters. The highest BCUT2D eigenvalue weighted by molar-refractivity contribution is 7.80. The molecule has 3 rings (SSSR count). The van der Waals surface area contributed by atoms with Gasteiger partial charge in [-0.3, -0.25) is 0 Å². The number of hydrogen-bond acceptors (Lipinski definition) is 3. The van der Waals surface area contributed by atoms with E-state index in [1.165, 1.54) is 0 Å². The molecule has 1 fully saturated rings. The summed E-state index contributed by atoms with van der Waals surface area (Å²) in [6.07, 6.45) is 0.854. The fourth-order valence-corrected chi connectivity index (χ4v) is 2.93. The van der Waals surface area contributed by atoms with Gasteiger partial charge in [-0.25, -0.2) is 0 Å². The standard InChI is InChI=1S/C17H16ClNO2S/c1-20-15-8-6-14(7-9-15)19-11-10-16(21-17(19)22)12-2-4-13(18)5-3-12/h2-9,16H,10-11H2,1H3. The van der Waals surface area contributed by atoms with Crippen LogP contribution in [0.4, 0.5) is 5.69 Å². The van der Waals surface area contributed by atoms with Crippen LogP contribution < -0.4 is 9.64 Å². The maximum Gasteiger partial charge on any atom is 0.264 e. The Kier molecular flexibility index (Phi) is 4.50. The van der Waals surface area contributed by atoms with Gasteiger partial charge in [0.25, 0.3) is 5.17 Å². The van der Waals surface area contributed by atoms with E-state index >= 15 is 0 Å². The zero-order valence-corrected chi connectivity index (χ0v) is 13.7. The van der Waals surface area contributed by atoms with Crippen molar-refractivity contribution in [3.8, 4) is 5.75 Å². The lowest BCUT2D eigenvalue weighted by Gasteiger charge is -2.34. The zero-order valence-electron chi connectivity index (χ0n) is 12.2. The predicted molar refractivity (Wildman–Crippen MR) is 92.8 cm³/mol. The van der Waals surface area contributed by atoms with E-state index in [1.54, 1.807) is 7.11 Å². The number of ether oxygens (including phenoxy) is 2. The molecule has 114 valence electrons. The van der Waals surface area contributed by atoms with E-state index in [0.717, 1.165) is 35.0 Å². The fraction of sp³-hybridized carbons (Fsp3) is 0.235. The van der Waals surface area contributed by atoms with Crippen LogP contribution in [0.25, 0.3) is 0 Å². The van der Waals surface area contributed by atoms with Gasteiger partial charge in [0.05, 0.1) is 7.11 Å². The molecule has 1 atom stereocenters. The maximum absolute atomic E-state index is 5.92. The first kappa shape index (κ1) is 15.1. The predicted octanol–water partition coefficient (Wildman–Crippen LogP) is 4.60. The molecule has 5 heteroatoms. The van der Waals surface area contributed by atoms with Crippen LogP contribution in [0.3, 0.4) is 0 Å². The van der Waals surface area contributed by atoms with Crippen LogP contribution in [0.2, 0.25) is 5.02 Å². The van der Waals surface area contributed by atoms with Crippen LogP contribution in [0.1, 0.15) is 18.1 Å². The monoisotopic (exact) mass is 333 g/mol. The Bertz CT molecular complexity index is 657. The first-order valence-corrected chi connectivity index (χ1v) is 7.83. The van der Waals surface area contributed by atoms with Crippen molar-refractivity contribution in [1.29, 1.82) is 0 Å².